The molecule has 0 aliphatic heterocycles. The first-order valence-corrected chi connectivity index (χ1v) is 7.17. The number of nitrogen functional groups attached to an aromatic ring is 2. The minimum Gasteiger partial charge on any atom is -0.384 e. The van der Waals surface area contributed by atoms with Gasteiger partial charge in [0.05, 0.1) is 11.4 Å². The van der Waals surface area contributed by atoms with Crippen molar-refractivity contribution in [3.05, 3.63) is 53.6 Å². The predicted octanol–water partition coefficient (Wildman–Crippen LogP) is 1.97. The van der Waals surface area contributed by atoms with Gasteiger partial charge >= 0.3 is 0 Å². The lowest BCUT2D eigenvalue weighted by molar-refractivity contribution is -0.105. The standard InChI is InChI=1S/C17H16N6O/c18-16(19)10-6-11(17(20)21)13-12(7-10)23-14(15(13)22-8-24)9-4-2-1-3-5-9/h1-8,23H,(H3,18,19)(H3,20,21)(H,22,24). The molecule has 0 unspecified atom stereocenters. The van der Waals surface area contributed by atoms with Gasteiger partial charge in [-0.1, -0.05) is 30.3 Å². The van der Waals surface area contributed by atoms with E-state index in [-0.39, 0.29) is 11.7 Å². The molecule has 7 nitrogen and oxygen atoms in total. The summed E-state index contributed by atoms with van der Waals surface area (Å²) in [6.45, 7) is 0. The van der Waals surface area contributed by atoms with Gasteiger partial charge in [-0.05, 0) is 12.1 Å². The second kappa shape index (κ2) is 5.88. The Morgan fingerprint density at radius 2 is 1.79 bits per heavy atom. The fraction of sp³-hybridized carbons (Fsp3) is 0. The molecule has 2 aromatic carbocycles. The van der Waals surface area contributed by atoms with E-state index in [1.54, 1.807) is 12.1 Å². The van der Waals surface area contributed by atoms with Crippen molar-refractivity contribution in [2.45, 2.75) is 0 Å². The molecule has 3 aromatic rings. The molecule has 7 heteroatoms. The van der Waals surface area contributed by atoms with Crippen molar-refractivity contribution < 1.29 is 4.79 Å². The first-order chi connectivity index (χ1) is 11.5. The third kappa shape index (κ3) is 2.48. The fourth-order valence-corrected chi connectivity index (χ4v) is 2.72. The molecule has 1 aromatic heterocycles. The molecule has 1 heterocycles. The highest BCUT2D eigenvalue weighted by Crippen LogP contribution is 2.37. The van der Waals surface area contributed by atoms with Crippen LogP contribution in [0.4, 0.5) is 5.69 Å². The molecule has 3 rings (SSSR count). The lowest BCUT2D eigenvalue weighted by atomic mass is 10.0. The maximum absolute atomic E-state index is 11.1. The van der Waals surface area contributed by atoms with Crippen LogP contribution in [-0.2, 0) is 4.79 Å². The number of rotatable bonds is 5. The number of nitrogens with two attached hydrogens (primary N) is 2. The molecule has 0 atom stereocenters. The number of fused-ring (bicyclic) bond motifs is 1. The normalized spacial score (nSPS) is 10.5. The number of nitrogens with one attached hydrogen (secondary N) is 4. The van der Waals surface area contributed by atoms with Crippen molar-refractivity contribution in [2.24, 2.45) is 11.5 Å². The minimum absolute atomic E-state index is 0.125. The van der Waals surface area contributed by atoms with Gasteiger partial charge in [0.2, 0.25) is 6.41 Å². The molecular weight excluding hydrogens is 304 g/mol. The lowest BCUT2D eigenvalue weighted by Crippen LogP contribution is -2.16. The number of aromatic nitrogens is 1. The number of anilines is 1. The van der Waals surface area contributed by atoms with Crippen LogP contribution in [0.15, 0.2) is 42.5 Å². The third-order valence-corrected chi connectivity index (χ3v) is 3.76. The molecule has 0 spiro atoms. The van der Waals surface area contributed by atoms with E-state index in [9.17, 15) is 4.79 Å². The minimum atomic E-state index is -0.171. The lowest BCUT2D eigenvalue weighted by Gasteiger charge is -2.08. The van der Waals surface area contributed by atoms with Crippen molar-refractivity contribution in [2.75, 3.05) is 5.32 Å². The number of amidine groups is 2. The van der Waals surface area contributed by atoms with Crippen molar-refractivity contribution in [3.8, 4) is 11.3 Å². The molecule has 0 saturated heterocycles. The van der Waals surface area contributed by atoms with E-state index in [0.29, 0.717) is 39.8 Å². The van der Waals surface area contributed by atoms with Crippen molar-refractivity contribution in [1.29, 1.82) is 10.8 Å². The van der Waals surface area contributed by atoms with E-state index in [1.807, 2.05) is 30.3 Å². The van der Waals surface area contributed by atoms with Gasteiger partial charge in [0.1, 0.15) is 11.7 Å². The third-order valence-electron chi connectivity index (χ3n) is 3.76. The van der Waals surface area contributed by atoms with E-state index < -0.39 is 0 Å². The van der Waals surface area contributed by atoms with Crippen LogP contribution >= 0.6 is 0 Å². The Morgan fingerprint density at radius 3 is 2.38 bits per heavy atom. The van der Waals surface area contributed by atoms with E-state index in [4.69, 9.17) is 22.3 Å². The van der Waals surface area contributed by atoms with E-state index >= 15 is 0 Å². The maximum Gasteiger partial charge on any atom is 0.211 e. The van der Waals surface area contributed by atoms with Gasteiger partial charge < -0.3 is 21.8 Å². The molecular formula is C17H16N6O. The Morgan fingerprint density at radius 1 is 1.08 bits per heavy atom. The van der Waals surface area contributed by atoms with Gasteiger partial charge in [-0.15, -0.1) is 0 Å². The number of hydrogen-bond donors (Lipinski definition) is 6. The number of amides is 1. The summed E-state index contributed by atoms with van der Waals surface area (Å²) in [7, 11) is 0. The topological polar surface area (TPSA) is 145 Å². The van der Waals surface area contributed by atoms with Gasteiger partial charge in [0, 0.05) is 27.6 Å². The largest absolute Gasteiger partial charge is 0.384 e. The molecule has 1 amide bonds. The van der Waals surface area contributed by atoms with Gasteiger partial charge in [-0.3, -0.25) is 15.6 Å². The van der Waals surface area contributed by atoms with Crippen molar-refractivity contribution >= 4 is 34.7 Å². The van der Waals surface area contributed by atoms with E-state index in [0.717, 1.165) is 5.56 Å². The van der Waals surface area contributed by atoms with Crippen LogP contribution in [0.2, 0.25) is 0 Å². The van der Waals surface area contributed by atoms with Crippen LogP contribution in [0.5, 0.6) is 0 Å². The van der Waals surface area contributed by atoms with Crippen LogP contribution < -0.4 is 16.8 Å². The summed E-state index contributed by atoms with van der Waals surface area (Å²) in [4.78, 5) is 14.3. The van der Waals surface area contributed by atoms with Crippen LogP contribution in [-0.4, -0.2) is 23.1 Å². The zero-order valence-electron chi connectivity index (χ0n) is 12.7. The zero-order chi connectivity index (χ0) is 17.3. The maximum atomic E-state index is 11.1. The van der Waals surface area contributed by atoms with E-state index in [1.165, 1.54) is 0 Å². The van der Waals surface area contributed by atoms with Crippen LogP contribution in [0.3, 0.4) is 0 Å². The molecule has 0 radical (unpaired) electrons. The van der Waals surface area contributed by atoms with Gasteiger partial charge in [-0.25, -0.2) is 0 Å². The molecule has 0 bridgehead atoms. The molecule has 8 N–H and O–H groups in total. The number of H-pyrrole nitrogens is 1. The zero-order valence-corrected chi connectivity index (χ0v) is 12.7. The summed E-state index contributed by atoms with van der Waals surface area (Å²) in [5.41, 5.74) is 14.9. The summed E-state index contributed by atoms with van der Waals surface area (Å²) in [5, 5.41) is 18.8. The Bertz CT molecular complexity index is 958. The molecule has 0 aliphatic rings. The second-order valence-corrected chi connectivity index (χ2v) is 5.28. The summed E-state index contributed by atoms with van der Waals surface area (Å²) in [5.74, 6) is -0.296. The summed E-state index contributed by atoms with van der Waals surface area (Å²) < 4.78 is 0. The number of hydrogen-bond acceptors (Lipinski definition) is 3. The van der Waals surface area contributed by atoms with Crippen LogP contribution in [0, 0.1) is 10.8 Å². The fourth-order valence-electron chi connectivity index (χ4n) is 2.72. The van der Waals surface area contributed by atoms with Crippen molar-refractivity contribution in [1.82, 2.24) is 4.98 Å². The van der Waals surface area contributed by atoms with Gasteiger partial charge in [-0.2, -0.15) is 0 Å². The average Bonchev–Trinajstić information content (AvgIpc) is 2.93. The molecule has 24 heavy (non-hydrogen) atoms. The molecule has 0 aliphatic carbocycles. The Balaban J connectivity index is 2.40. The quantitative estimate of drug-likeness (QED) is 0.243. The average molecular weight is 320 g/mol. The highest BCUT2D eigenvalue weighted by molar-refractivity contribution is 6.17. The second-order valence-electron chi connectivity index (χ2n) is 5.28. The number of benzene rings is 2. The van der Waals surface area contributed by atoms with E-state index in [2.05, 4.69) is 10.3 Å². The SMILES string of the molecule is N=C(N)c1cc(C(=N)N)c2c(NC=O)c(-c3ccccc3)[nH]c2c1. The van der Waals surface area contributed by atoms with Crippen LogP contribution in [0.25, 0.3) is 22.2 Å². The van der Waals surface area contributed by atoms with Crippen LogP contribution in [0.1, 0.15) is 11.1 Å². The Labute approximate surface area is 137 Å². The summed E-state index contributed by atoms with van der Waals surface area (Å²) in [6, 6.07) is 12.8. The number of aromatic amines is 1. The number of carbonyl (C=O) groups is 1. The predicted molar refractivity (Wildman–Crippen MR) is 95.5 cm³/mol. The summed E-state index contributed by atoms with van der Waals surface area (Å²) in [6.07, 6.45) is 0.581. The highest BCUT2D eigenvalue weighted by Gasteiger charge is 2.19. The Hall–Kier alpha value is -3.61. The molecule has 0 saturated carbocycles. The number of carbonyl (C=O) groups excluding carboxylic acids is 1. The Kier molecular flexibility index (Phi) is 3.75. The highest BCUT2D eigenvalue weighted by atomic mass is 16.1. The van der Waals surface area contributed by atoms with Gasteiger partial charge in [0.25, 0.3) is 0 Å². The smallest absolute Gasteiger partial charge is 0.211 e. The monoisotopic (exact) mass is 320 g/mol. The van der Waals surface area contributed by atoms with Gasteiger partial charge in [0.15, 0.2) is 0 Å². The first-order valence-electron chi connectivity index (χ1n) is 7.17. The summed E-state index contributed by atoms with van der Waals surface area (Å²) >= 11 is 0. The first kappa shape index (κ1) is 15.3. The molecule has 0 fully saturated rings. The van der Waals surface area contributed by atoms with Crippen molar-refractivity contribution in [3.63, 3.8) is 0 Å². The molecule has 120 valence electrons.